The molecule has 0 aliphatic heterocycles. The van der Waals surface area contributed by atoms with Crippen molar-refractivity contribution in [3.8, 4) is 0 Å². The summed E-state index contributed by atoms with van der Waals surface area (Å²) in [6.45, 7) is 2.35. The highest BCUT2D eigenvalue weighted by Crippen LogP contribution is 2.63. The van der Waals surface area contributed by atoms with Gasteiger partial charge in [-0.15, -0.1) is 11.3 Å². The quantitative estimate of drug-likeness (QED) is 0.878. The molecule has 1 unspecified atom stereocenters. The monoisotopic (exact) mass is 275 g/mol. The Kier molecular flexibility index (Phi) is 2.66. The van der Waals surface area contributed by atoms with Crippen LogP contribution in [-0.2, 0) is 6.42 Å². The zero-order chi connectivity index (χ0) is 13.1. The maximum atomic E-state index is 6.91. The molecule has 4 bridgehead atoms. The predicted octanol–water partition coefficient (Wildman–Crippen LogP) is 4.22. The molecule has 0 spiro atoms. The maximum absolute atomic E-state index is 6.91. The van der Waals surface area contributed by atoms with E-state index >= 15 is 0 Å². The Morgan fingerprint density at radius 2 is 1.79 bits per heavy atom. The van der Waals surface area contributed by atoms with Crippen LogP contribution in [-0.4, -0.2) is 5.54 Å². The van der Waals surface area contributed by atoms with Gasteiger partial charge in [-0.05, 0) is 80.1 Å². The molecule has 5 rings (SSSR count). The van der Waals surface area contributed by atoms with Crippen LogP contribution in [0.1, 0.15) is 50.3 Å². The standard InChI is InChI=1S/C17H25NS/c1-16(18,11-15-3-2-4-19-15)17-8-12-5-13(9-17)7-14(6-12)10-17/h2-4,12-14H,5-11,18H2,1H3. The van der Waals surface area contributed by atoms with Crippen molar-refractivity contribution in [1.29, 1.82) is 0 Å². The topological polar surface area (TPSA) is 26.0 Å². The largest absolute Gasteiger partial charge is 0.325 e. The Morgan fingerprint density at radius 3 is 2.26 bits per heavy atom. The number of hydrogen-bond donors (Lipinski definition) is 1. The SMILES string of the molecule is CC(N)(Cc1cccs1)C12CC3CC(CC(C3)C1)C2. The maximum Gasteiger partial charge on any atom is 0.0231 e. The second-order valence-corrected chi connectivity index (χ2v) is 8.90. The van der Waals surface area contributed by atoms with Gasteiger partial charge in [0.05, 0.1) is 0 Å². The lowest BCUT2D eigenvalue weighted by atomic mass is 9.44. The molecule has 2 heteroatoms. The first-order valence-corrected chi connectivity index (χ1v) is 8.76. The van der Waals surface area contributed by atoms with Gasteiger partial charge >= 0.3 is 0 Å². The highest BCUT2D eigenvalue weighted by Gasteiger charge is 2.57. The summed E-state index contributed by atoms with van der Waals surface area (Å²) in [7, 11) is 0. The fraction of sp³-hybridized carbons (Fsp3) is 0.765. The average molecular weight is 275 g/mol. The third-order valence-corrected chi connectivity index (χ3v) is 7.25. The van der Waals surface area contributed by atoms with Crippen molar-refractivity contribution in [3.63, 3.8) is 0 Å². The number of thiophene rings is 1. The Bertz CT molecular complexity index is 424. The first-order chi connectivity index (χ1) is 9.06. The van der Waals surface area contributed by atoms with E-state index in [1.807, 2.05) is 11.3 Å². The normalized spacial score (nSPS) is 43.4. The predicted molar refractivity (Wildman–Crippen MR) is 81.2 cm³/mol. The first kappa shape index (κ1) is 12.4. The Balaban J connectivity index is 1.63. The summed E-state index contributed by atoms with van der Waals surface area (Å²) in [6, 6.07) is 4.42. The van der Waals surface area contributed by atoms with Gasteiger partial charge in [-0.25, -0.2) is 0 Å². The van der Waals surface area contributed by atoms with E-state index in [0.29, 0.717) is 5.41 Å². The van der Waals surface area contributed by atoms with E-state index in [4.69, 9.17) is 5.73 Å². The molecule has 4 fully saturated rings. The molecule has 4 aliphatic carbocycles. The summed E-state index contributed by atoms with van der Waals surface area (Å²) in [5.74, 6) is 2.99. The van der Waals surface area contributed by atoms with Crippen molar-refractivity contribution in [2.24, 2.45) is 28.9 Å². The molecule has 2 N–H and O–H groups in total. The molecule has 4 aliphatic rings. The van der Waals surface area contributed by atoms with Crippen LogP contribution in [0.15, 0.2) is 17.5 Å². The highest BCUT2D eigenvalue weighted by molar-refractivity contribution is 7.09. The summed E-state index contributed by atoms with van der Waals surface area (Å²) in [5, 5.41) is 2.19. The van der Waals surface area contributed by atoms with Crippen molar-refractivity contribution in [2.45, 2.75) is 57.4 Å². The van der Waals surface area contributed by atoms with E-state index in [0.717, 1.165) is 24.2 Å². The van der Waals surface area contributed by atoms with E-state index in [9.17, 15) is 0 Å². The average Bonchev–Trinajstić information content (AvgIpc) is 2.78. The van der Waals surface area contributed by atoms with Crippen molar-refractivity contribution < 1.29 is 0 Å². The molecular weight excluding hydrogens is 250 g/mol. The van der Waals surface area contributed by atoms with Crippen LogP contribution in [0.4, 0.5) is 0 Å². The first-order valence-electron chi connectivity index (χ1n) is 7.88. The molecule has 0 amide bonds. The molecule has 0 aromatic carbocycles. The van der Waals surface area contributed by atoms with E-state index in [1.54, 1.807) is 0 Å². The minimum atomic E-state index is -0.00609. The molecular formula is C17H25NS. The molecule has 1 aromatic rings. The number of rotatable bonds is 3. The second-order valence-electron chi connectivity index (χ2n) is 7.87. The van der Waals surface area contributed by atoms with Gasteiger partial charge in [-0.1, -0.05) is 6.07 Å². The van der Waals surface area contributed by atoms with Crippen LogP contribution in [0.2, 0.25) is 0 Å². The molecule has 1 nitrogen and oxygen atoms in total. The lowest BCUT2D eigenvalue weighted by molar-refractivity contribution is -0.0927. The van der Waals surface area contributed by atoms with E-state index in [2.05, 4.69) is 24.4 Å². The van der Waals surface area contributed by atoms with Gasteiger partial charge in [0.25, 0.3) is 0 Å². The summed E-state index contributed by atoms with van der Waals surface area (Å²) in [5.41, 5.74) is 7.36. The van der Waals surface area contributed by atoms with Crippen LogP contribution >= 0.6 is 11.3 Å². The summed E-state index contributed by atoms with van der Waals surface area (Å²) in [6.07, 6.45) is 9.85. The van der Waals surface area contributed by atoms with Crippen LogP contribution in [0.25, 0.3) is 0 Å². The van der Waals surface area contributed by atoms with Crippen molar-refractivity contribution in [3.05, 3.63) is 22.4 Å². The van der Waals surface area contributed by atoms with Crippen molar-refractivity contribution in [2.75, 3.05) is 0 Å². The fourth-order valence-electron chi connectivity index (χ4n) is 5.77. The Labute approximate surface area is 120 Å². The number of hydrogen-bond acceptors (Lipinski definition) is 2. The third-order valence-electron chi connectivity index (χ3n) is 6.37. The lowest BCUT2D eigenvalue weighted by Gasteiger charge is -2.62. The molecule has 0 radical (unpaired) electrons. The summed E-state index contributed by atoms with van der Waals surface area (Å²) < 4.78 is 0. The molecule has 1 atom stereocenters. The summed E-state index contributed by atoms with van der Waals surface area (Å²) in [4.78, 5) is 1.47. The van der Waals surface area contributed by atoms with Gasteiger partial charge in [0.1, 0.15) is 0 Å². The van der Waals surface area contributed by atoms with Gasteiger partial charge in [-0.3, -0.25) is 0 Å². The third kappa shape index (κ3) is 1.91. The van der Waals surface area contributed by atoms with Gasteiger partial charge in [0, 0.05) is 16.8 Å². The zero-order valence-corrected chi connectivity index (χ0v) is 12.7. The number of nitrogens with two attached hydrogens (primary N) is 1. The lowest BCUT2D eigenvalue weighted by Crippen LogP contribution is -2.62. The van der Waals surface area contributed by atoms with Gasteiger partial charge in [0.2, 0.25) is 0 Å². The van der Waals surface area contributed by atoms with E-state index < -0.39 is 0 Å². The van der Waals surface area contributed by atoms with Gasteiger partial charge < -0.3 is 5.73 Å². The Morgan fingerprint density at radius 1 is 1.21 bits per heavy atom. The molecule has 0 saturated heterocycles. The molecule has 104 valence electrons. The van der Waals surface area contributed by atoms with Crippen LogP contribution in [0.5, 0.6) is 0 Å². The van der Waals surface area contributed by atoms with Crippen molar-refractivity contribution in [1.82, 2.24) is 0 Å². The smallest absolute Gasteiger partial charge is 0.0231 e. The molecule has 1 aromatic heterocycles. The highest BCUT2D eigenvalue weighted by atomic mass is 32.1. The summed E-state index contributed by atoms with van der Waals surface area (Å²) >= 11 is 1.87. The second kappa shape index (κ2) is 4.08. The van der Waals surface area contributed by atoms with Crippen molar-refractivity contribution >= 4 is 11.3 Å². The molecule has 1 heterocycles. The minimum Gasteiger partial charge on any atom is -0.325 e. The van der Waals surface area contributed by atoms with Gasteiger partial charge in [0.15, 0.2) is 0 Å². The van der Waals surface area contributed by atoms with Crippen LogP contribution < -0.4 is 5.73 Å². The van der Waals surface area contributed by atoms with Crippen LogP contribution in [0, 0.1) is 23.2 Å². The molecule has 19 heavy (non-hydrogen) atoms. The van der Waals surface area contributed by atoms with E-state index in [-0.39, 0.29) is 5.54 Å². The fourth-order valence-corrected chi connectivity index (χ4v) is 6.64. The minimum absolute atomic E-state index is 0.00609. The molecule has 4 saturated carbocycles. The zero-order valence-electron chi connectivity index (χ0n) is 11.9. The van der Waals surface area contributed by atoms with E-state index in [1.165, 1.54) is 43.4 Å². The van der Waals surface area contributed by atoms with Crippen LogP contribution in [0.3, 0.4) is 0 Å². The Hall–Kier alpha value is -0.340. The van der Waals surface area contributed by atoms with Gasteiger partial charge in [-0.2, -0.15) is 0 Å².